The van der Waals surface area contributed by atoms with Crippen molar-refractivity contribution < 1.29 is 9.90 Å². The van der Waals surface area contributed by atoms with E-state index < -0.39 is 11.6 Å². The molecule has 1 aromatic rings. The number of hydrogen-bond acceptors (Lipinski definition) is 2. The molecule has 0 aliphatic heterocycles. The van der Waals surface area contributed by atoms with Crippen LogP contribution in [0.25, 0.3) is 0 Å². The summed E-state index contributed by atoms with van der Waals surface area (Å²) in [6.07, 6.45) is 0.613. The number of pyridine rings is 1. The van der Waals surface area contributed by atoms with Crippen LogP contribution in [0, 0.1) is 6.92 Å². The van der Waals surface area contributed by atoms with Crippen molar-refractivity contribution >= 4 is 11.8 Å². The van der Waals surface area contributed by atoms with Crippen molar-refractivity contribution in [1.29, 1.82) is 0 Å². The Morgan fingerprint density at radius 3 is 2.33 bits per heavy atom. The second-order valence-corrected chi connectivity index (χ2v) is 4.45. The van der Waals surface area contributed by atoms with Gasteiger partial charge in [0.1, 0.15) is 0 Å². The molecule has 15 heavy (non-hydrogen) atoms. The lowest BCUT2D eigenvalue weighted by Crippen LogP contribution is -2.45. The number of carbonyl (C=O) groups is 1. The quantitative estimate of drug-likeness (QED) is 0.772. The first-order valence-electron chi connectivity index (χ1n) is 4.78. The Hall–Kier alpha value is -1.58. The van der Waals surface area contributed by atoms with Gasteiger partial charge in [-0.25, -0.2) is 4.79 Å². The minimum absolute atomic E-state index is 0.469. The summed E-state index contributed by atoms with van der Waals surface area (Å²) in [5.41, 5.74) is 1.00. The summed E-state index contributed by atoms with van der Waals surface area (Å²) in [6, 6.07) is 3.57. The normalized spacial score (nSPS) is 11.2. The third-order valence-electron chi connectivity index (χ3n) is 2.02. The van der Waals surface area contributed by atoms with E-state index in [1.165, 1.54) is 4.90 Å². The lowest BCUT2D eigenvalue weighted by molar-refractivity contribution is 0.195. The van der Waals surface area contributed by atoms with Crippen LogP contribution in [0.5, 0.6) is 0 Å². The summed E-state index contributed by atoms with van der Waals surface area (Å²) in [5.74, 6) is 0. The van der Waals surface area contributed by atoms with Gasteiger partial charge in [-0.05, 0) is 39.8 Å². The number of aryl methyl sites for hydroxylation is 1. The van der Waals surface area contributed by atoms with E-state index >= 15 is 0 Å². The van der Waals surface area contributed by atoms with E-state index in [2.05, 4.69) is 4.98 Å². The largest absolute Gasteiger partial charge is 0.465 e. The highest BCUT2D eigenvalue weighted by Crippen LogP contribution is 2.23. The highest BCUT2D eigenvalue weighted by atomic mass is 16.4. The first-order chi connectivity index (χ1) is 6.82. The molecule has 1 aromatic heterocycles. The van der Waals surface area contributed by atoms with Gasteiger partial charge in [0.05, 0.1) is 11.9 Å². The summed E-state index contributed by atoms with van der Waals surface area (Å²) in [4.78, 5) is 16.5. The van der Waals surface area contributed by atoms with Crippen LogP contribution in [0.2, 0.25) is 0 Å². The number of carboxylic acid groups (broad SMARTS) is 1. The molecule has 0 spiro atoms. The van der Waals surface area contributed by atoms with E-state index in [1.54, 1.807) is 18.3 Å². The summed E-state index contributed by atoms with van der Waals surface area (Å²) >= 11 is 0. The molecule has 0 aliphatic carbocycles. The third kappa shape index (κ3) is 2.68. The lowest BCUT2D eigenvalue weighted by atomic mass is 10.1. The Morgan fingerprint density at radius 2 is 2.00 bits per heavy atom. The Bertz CT molecular complexity index is 352. The Morgan fingerprint density at radius 1 is 1.40 bits per heavy atom. The smallest absolute Gasteiger partial charge is 0.412 e. The summed E-state index contributed by atoms with van der Waals surface area (Å²) in [6.45, 7) is 7.41. The molecule has 0 aromatic carbocycles. The van der Waals surface area contributed by atoms with Crippen LogP contribution in [0.4, 0.5) is 10.5 Å². The van der Waals surface area contributed by atoms with Crippen LogP contribution in [-0.2, 0) is 0 Å². The SMILES string of the molecule is Cc1ccc(N(C(=O)O)C(C)(C)C)cn1. The van der Waals surface area contributed by atoms with Gasteiger partial charge in [0, 0.05) is 11.2 Å². The van der Waals surface area contributed by atoms with Gasteiger partial charge >= 0.3 is 6.09 Å². The molecule has 0 atom stereocenters. The maximum atomic E-state index is 11.1. The maximum Gasteiger partial charge on any atom is 0.412 e. The molecule has 1 rings (SSSR count). The monoisotopic (exact) mass is 208 g/mol. The molecule has 1 N–H and O–H groups in total. The second kappa shape index (κ2) is 3.88. The van der Waals surface area contributed by atoms with Crippen LogP contribution in [0.1, 0.15) is 26.5 Å². The fourth-order valence-corrected chi connectivity index (χ4v) is 1.38. The van der Waals surface area contributed by atoms with E-state index in [1.807, 2.05) is 27.7 Å². The zero-order valence-corrected chi connectivity index (χ0v) is 9.48. The maximum absolute atomic E-state index is 11.1. The second-order valence-electron chi connectivity index (χ2n) is 4.45. The highest BCUT2D eigenvalue weighted by molar-refractivity contribution is 5.87. The van der Waals surface area contributed by atoms with Crippen molar-refractivity contribution in [2.24, 2.45) is 0 Å². The predicted octanol–water partition coefficient (Wildman–Crippen LogP) is 2.67. The van der Waals surface area contributed by atoms with Crippen LogP contribution < -0.4 is 4.90 Å². The van der Waals surface area contributed by atoms with E-state index in [0.29, 0.717) is 5.69 Å². The number of aromatic nitrogens is 1. The van der Waals surface area contributed by atoms with Crippen molar-refractivity contribution in [3.05, 3.63) is 24.0 Å². The molecule has 82 valence electrons. The molecular formula is C11H16N2O2. The number of anilines is 1. The molecule has 0 unspecified atom stereocenters. The first-order valence-corrected chi connectivity index (χ1v) is 4.78. The van der Waals surface area contributed by atoms with Crippen LogP contribution in [0.15, 0.2) is 18.3 Å². The fraction of sp³-hybridized carbons (Fsp3) is 0.455. The Balaban J connectivity index is 3.11. The molecule has 0 saturated heterocycles. The van der Waals surface area contributed by atoms with Crippen LogP contribution >= 0.6 is 0 Å². The highest BCUT2D eigenvalue weighted by Gasteiger charge is 2.27. The summed E-state index contributed by atoms with van der Waals surface area (Å²) in [7, 11) is 0. The van der Waals surface area contributed by atoms with E-state index in [-0.39, 0.29) is 0 Å². The molecule has 1 amide bonds. The average Bonchev–Trinajstić information content (AvgIpc) is 2.05. The molecule has 0 aliphatic rings. The molecule has 4 nitrogen and oxygen atoms in total. The zero-order valence-electron chi connectivity index (χ0n) is 9.48. The van der Waals surface area contributed by atoms with E-state index in [4.69, 9.17) is 5.11 Å². The topological polar surface area (TPSA) is 53.4 Å². The van der Waals surface area contributed by atoms with Gasteiger partial charge in [0.2, 0.25) is 0 Å². The van der Waals surface area contributed by atoms with E-state index in [0.717, 1.165) is 5.69 Å². The number of rotatable bonds is 1. The third-order valence-corrected chi connectivity index (χ3v) is 2.02. The van der Waals surface area contributed by atoms with Crippen molar-refractivity contribution in [3.63, 3.8) is 0 Å². The minimum Gasteiger partial charge on any atom is -0.465 e. The van der Waals surface area contributed by atoms with E-state index in [9.17, 15) is 4.79 Å². The van der Waals surface area contributed by atoms with Crippen molar-refractivity contribution in [1.82, 2.24) is 4.98 Å². The predicted molar refractivity (Wildman–Crippen MR) is 59.2 cm³/mol. The molecular weight excluding hydrogens is 192 g/mol. The molecule has 4 heteroatoms. The molecule has 0 fully saturated rings. The first kappa shape index (κ1) is 11.5. The molecule has 1 heterocycles. The van der Waals surface area contributed by atoms with Crippen LogP contribution in [0.3, 0.4) is 0 Å². The van der Waals surface area contributed by atoms with Gasteiger partial charge in [0.25, 0.3) is 0 Å². The zero-order chi connectivity index (χ0) is 11.6. The average molecular weight is 208 g/mol. The van der Waals surface area contributed by atoms with Crippen molar-refractivity contribution in [3.8, 4) is 0 Å². The van der Waals surface area contributed by atoms with Gasteiger partial charge in [-0.3, -0.25) is 9.88 Å². The van der Waals surface area contributed by atoms with Gasteiger partial charge < -0.3 is 5.11 Å². The Labute approximate surface area is 89.6 Å². The standard InChI is InChI=1S/C11H16N2O2/c1-8-5-6-9(7-12-8)13(10(14)15)11(2,3)4/h5-7H,1-4H3,(H,14,15). The van der Waals surface area contributed by atoms with Gasteiger partial charge in [-0.15, -0.1) is 0 Å². The number of amides is 1. The molecule has 0 saturated carbocycles. The number of nitrogens with zero attached hydrogens (tertiary/aromatic N) is 2. The number of hydrogen-bond donors (Lipinski definition) is 1. The lowest BCUT2D eigenvalue weighted by Gasteiger charge is -2.32. The summed E-state index contributed by atoms with van der Waals surface area (Å²) in [5, 5.41) is 9.13. The van der Waals surface area contributed by atoms with Crippen LogP contribution in [-0.4, -0.2) is 21.7 Å². The van der Waals surface area contributed by atoms with Gasteiger partial charge in [-0.2, -0.15) is 0 Å². The minimum atomic E-state index is -0.965. The summed E-state index contributed by atoms with van der Waals surface area (Å²) < 4.78 is 0. The Kier molecular flexibility index (Phi) is 2.98. The van der Waals surface area contributed by atoms with Crippen molar-refractivity contribution in [2.45, 2.75) is 33.2 Å². The molecule has 0 radical (unpaired) electrons. The fourth-order valence-electron chi connectivity index (χ4n) is 1.38. The van der Waals surface area contributed by atoms with Gasteiger partial charge in [-0.1, -0.05) is 0 Å². The molecule has 0 bridgehead atoms. The van der Waals surface area contributed by atoms with Crippen molar-refractivity contribution in [2.75, 3.05) is 4.90 Å². The van der Waals surface area contributed by atoms with Gasteiger partial charge in [0.15, 0.2) is 0 Å².